The van der Waals surface area contributed by atoms with Gasteiger partial charge in [0.15, 0.2) is 0 Å². The largest absolute Gasteiger partial charge is 0.465 e. The van der Waals surface area contributed by atoms with Crippen molar-refractivity contribution >= 4 is 11.9 Å². The predicted octanol–water partition coefficient (Wildman–Crippen LogP) is 2.97. The number of rotatable bonds is 7. The second-order valence-corrected chi connectivity index (χ2v) is 9.18. The van der Waals surface area contributed by atoms with Gasteiger partial charge in [0.25, 0.3) is 0 Å². The fourth-order valence-corrected chi connectivity index (χ4v) is 6.51. The van der Waals surface area contributed by atoms with Crippen LogP contribution in [-0.2, 0) is 28.5 Å². The third kappa shape index (κ3) is 3.07. The van der Waals surface area contributed by atoms with Crippen LogP contribution < -0.4 is 0 Å². The third-order valence-corrected chi connectivity index (χ3v) is 7.83. The van der Waals surface area contributed by atoms with E-state index in [9.17, 15) is 9.59 Å². The van der Waals surface area contributed by atoms with Gasteiger partial charge in [-0.15, -0.1) is 0 Å². The lowest BCUT2D eigenvalue weighted by molar-refractivity contribution is -0.152. The van der Waals surface area contributed by atoms with E-state index >= 15 is 0 Å². The molecule has 0 amide bonds. The van der Waals surface area contributed by atoms with Gasteiger partial charge in [0.05, 0.1) is 49.5 Å². The molecule has 0 aromatic heterocycles. The number of carbonyl (C=O) groups is 2. The molecule has 10 unspecified atom stereocenters. The van der Waals surface area contributed by atoms with E-state index in [-0.39, 0.29) is 38.6 Å². The van der Waals surface area contributed by atoms with E-state index in [2.05, 4.69) is 0 Å². The third-order valence-electron chi connectivity index (χ3n) is 7.83. The summed E-state index contributed by atoms with van der Waals surface area (Å²) in [6, 6.07) is 0. The molecule has 4 saturated carbocycles. The molecule has 0 radical (unpaired) electrons. The summed E-state index contributed by atoms with van der Waals surface area (Å²) in [6.45, 7) is 0.843. The van der Waals surface area contributed by atoms with Gasteiger partial charge in [-0.25, -0.2) is 0 Å². The molecular formula is C22H34O6. The van der Waals surface area contributed by atoms with Gasteiger partial charge < -0.3 is 18.9 Å². The number of unbranched alkanes of at least 4 members (excludes halogenated alkanes) is 1. The Labute approximate surface area is 167 Å². The molecule has 28 heavy (non-hydrogen) atoms. The molecule has 6 aliphatic rings. The number of fused-ring (bicyclic) bond motifs is 10. The Kier molecular flexibility index (Phi) is 5.24. The Morgan fingerprint density at radius 3 is 1.46 bits per heavy atom. The minimum absolute atomic E-state index is 0. The second kappa shape index (κ2) is 7.28. The first-order chi connectivity index (χ1) is 12.7. The van der Waals surface area contributed by atoms with Crippen molar-refractivity contribution in [2.24, 2.45) is 35.5 Å². The highest BCUT2D eigenvalue weighted by Crippen LogP contribution is 2.59. The van der Waals surface area contributed by atoms with E-state index in [4.69, 9.17) is 18.9 Å². The van der Waals surface area contributed by atoms with Crippen LogP contribution in [0.5, 0.6) is 0 Å². The molecule has 4 aliphatic carbocycles. The van der Waals surface area contributed by atoms with Crippen molar-refractivity contribution < 1.29 is 28.5 Å². The second-order valence-electron chi connectivity index (χ2n) is 9.18. The number of carbonyl (C=O) groups excluding carboxylic acids is 2. The summed E-state index contributed by atoms with van der Waals surface area (Å²) in [5, 5.41) is 0. The maximum Gasteiger partial charge on any atom is 0.309 e. The van der Waals surface area contributed by atoms with Crippen LogP contribution in [-0.4, -0.2) is 49.6 Å². The number of hydrogen-bond acceptors (Lipinski definition) is 6. The van der Waals surface area contributed by atoms with Crippen LogP contribution in [0.15, 0.2) is 0 Å². The molecule has 6 nitrogen and oxygen atoms in total. The van der Waals surface area contributed by atoms with Crippen molar-refractivity contribution in [2.75, 3.05) is 13.2 Å². The van der Waals surface area contributed by atoms with Gasteiger partial charge in [0, 0.05) is 11.8 Å². The molecule has 0 aromatic carbocycles. The maximum absolute atomic E-state index is 12.2. The summed E-state index contributed by atoms with van der Waals surface area (Å²) in [7, 11) is 0. The van der Waals surface area contributed by atoms with Crippen LogP contribution in [0.4, 0.5) is 0 Å². The zero-order valence-electron chi connectivity index (χ0n) is 14.9. The summed E-state index contributed by atoms with van der Waals surface area (Å²) in [5.74, 6) is 1.97. The summed E-state index contributed by atoms with van der Waals surface area (Å²) in [6.07, 6.45) is 7.23. The maximum atomic E-state index is 12.2. The zero-order valence-corrected chi connectivity index (χ0v) is 14.9. The molecule has 6 heteroatoms. The summed E-state index contributed by atoms with van der Waals surface area (Å²) >= 11 is 0. The highest BCUT2D eigenvalue weighted by Gasteiger charge is 2.65. The van der Waals surface area contributed by atoms with E-state index in [1.807, 2.05) is 0 Å². The van der Waals surface area contributed by atoms with Gasteiger partial charge in [-0.2, -0.15) is 0 Å². The van der Waals surface area contributed by atoms with E-state index < -0.39 is 0 Å². The Bertz CT molecular complexity index is 581. The molecule has 0 spiro atoms. The Hall–Kier alpha value is -1.14. The summed E-state index contributed by atoms with van der Waals surface area (Å²) in [4.78, 5) is 24.5. The number of ether oxygens (including phenoxy) is 4. The van der Waals surface area contributed by atoms with Crippen LogP contribution in [0, 0.1) is 35.5 Å². The molecule has 6 fully saturated rings. The van der Waals surface area contributed by atoms with Crippen LogP contribution in [0.25, 0.3) is 0 Å². The van der Waals surface area contributed by atoms with E-state index in [1.165, 1.54) is 0 Å². The Balaban J connectivity index is 0.000000961. The van der Waals surface area contributed by atoms with Crippen LogP contribution in [0.3, 0.4) is 0 Å². The number of epoxide rings is 2. The van der Waals surface area contributed by atoms with Crippen LogP contribution in [0.1, 0.15) is 53.4 Å². The van der Waals surface area contributed by atoms with Crippen molar-refractivity contribution in [1.82, 2.24) is 0 Å². The first-order valence-corrected chi connectivity index (χ1v) is 10.3. The first-order valence-electron chi connectivity index (χ1n) is 10.3. The minimum Gasteiger partial charge on any atom is -0.465 e. The monoisotopic (exact) mass is 394 g/mol. The average Bonchev–Trinajstić information content (AvgIpc) is 3.48. The quantitative estimate of drug-likeness (QED) is 0.375. The molecule has 2 heterocycles. The fraction of sp³-hybridized carbons (Fsp3) is 0.909. The summed E-state index contributed by atoms with van der Waals surface area (Å²) in [5.41, 5.74) is 0. The smallest absolute Gasteiger partial charge is 0.309 e. The fourth-order valence-electron chi connectivity index (χ4n) is 6.51. The van der Waals surface area contributed by atoms with Gasteiger partial charge in [-0.05, 0) is 50.4 Å². The highest BCUT2D eigenvalue weighted by molar-refractivity contribution is 5.74. The lowest BCUT2D eigenvalue weighted by Gasteiger charge is -2.18. The van der Waals surface area contributed by atoms with Crippen molar-refractivity contribution in [3.05, 3.63) is 0 Å². The van der Waals surface area contributed by atoms with Crippen molar-refractivity contribution in [3.63, 3.8) is 0 Å². The van der Waals surface area contributed by atoms with Crippen molar-refractivity contribution in [3.8, 4) is 0 Å². The zero-order chi connectivity index (χ0) is 17.4. The SMILES string of the molecule is C.C.O=C(OCCCCOC(=O)C1CC2CC1C1OC21)C1CC2CC1C1OC21. The van der Waals surface area contributed by atoms with Gasteiger partial charge in [-0.1, -0.05) is 14.9 Å². The predicted molar refractivity (Wildman–Crippen MR) is 101 cm³/mol. The molecular weight excluding hydrogens is 360 g/mol. The van der Waals surface area contributed by atoms with E-state index in [0.29, 0.717) is 61.3 Å². The molecule has 0 aromatic rings. The van der Waals surface area contributed by atoms with Gasteiger partial charge in [-0.3, -0.25) is 9.59 Å². The number of esters is 2. The lowest BCUT2D eigenvalue weighted by Crippen LogP contribution is -2.28. The molecule has 158 valence electrons. The molecule has 2 saturated heterocycles. The van der Waals surface area contributed by atoms with Gasteiger partial charge in [0.2, 0.25) is 0 Å². The average molecular weight is 395 g/mol. The van der Waals surface area contributed by atoms with Crippen LogP contribution in [0.2, 0.25) is 0 Å². The normalized spacial score (nSPS) is 47.4. The highest BCUT2D eigenvalue weighted by atomic mass is 16.6. The molecule has 6 rings (SSSR count). The minimum atomic E-state index is -0.0515. The van der Waals surface area contributed by atoms with Gasteiger partial charge in [0.1, 0.15) is 0 Å². The summed E-state index contributed by atoms with van der Waals surface area (Å²) < 4.78 is 22.1. The van der Waals surface area contributed by atoms with E-state index in [0.717, 1.165) is 38.5 Å². The lowest BCUT2D eigenvalue weighted by atomic mass is 9.89. The Morgan fingerprint density at radius 2 is 1.11 bits per heavy atom. The standard InChI is InChI=1S/C20H26O6.2CH4/c21-19(13-7-9-5-11(13)17-15(9)25-17)23-3-1-2-4-24-20(22)14-8-10-6-12(14)18-16(10)26-18;;/h9-18H,1-8H2;2*1H4. The molecule has 4 bridgehead atoms. The molecule has 10 atom stereocenters. The number of hydrogen-bond donors (Lipinski definition) is 0. The van der Waals surface area contributed by atoms with Crippen molar-refractivity contribution in [2.45, 2.75) is 77.8 Å². The Morgan fingerprint density at radius 1 is 0.679 bits per heavy atom. The molecule has 0 N–H and O–H groups in total. The van der Waals surface area contributed by atoms with Crippen molar-refractivity contribution in [1.29, 1.82) is 0 Å². The van der Waals surface area contributed by atoms with E-state index in [1.54, 1.807) is 0 Å². The molecule has 2 aliphatic heterocycles. The first kappa shape index (κ1) is 20.1. The van der Waals surface area contributed by atoms with Gasteiger partial charge >= 0.3 is 11.9 Å². The van der Waals surface area contributed by atoms with Crippen LogP contribution >= 0.6 is 0 Å². The topological polar surface area (TPSA) is 77.7 Å².